The first kappa shape index (κ1) is 8.75. The molecule has 0 fully saturated rings. The quantitative estimate of drug-likeness (QED) is 0.707. The Morgan fingerprint density at radius 3 is 1.86 bits per heavy atom. The van der Waals surface area contributed by atoms with E-state index in [-0.39, 0.29) is 0 Å². The van der Waals surface area contributed by atoms with Crippen LogP contribution >= 0.6 is 0 Å². The lowest BCUT2D eigenvalue weighted by Crippen LogP contribution is -1.81. The molecular weight excluding hydrogens is 177 g/mol. The van der Waals surface area contributed by atoms with Gasteiger partial charge in [-0.05, 0) is 23.3 Å². The summed E-state index contributed by atoms with van der Waals surface area (Å²) >= 11 is 0. The molecule has 0 heterocycles. The molecule has 1 nitrogen and oxygen atoms in total. The van der Waals surface area contributed by atoms with Crippen LogP contribution in [-0.4, -0.2) is 0 Å². The number of hydrogen-bond acceptors (Lipinski definition) is 1. The van der Waals surface area contributed by atoms with Crippen molar-refractivity contribution in [1.29, 1.82) is 0 Å². The average molecular weight is 187 g/mol. The molecule has 0 saturated heterocycles. The summed E-state index contributed by atoms with van der Waals surface area (Å²) in [7, 11) is 0. The molecule has 2 aromatic carbocycles. The smallest absolute Gasteiger partial charge is 0.0656 e. The molecular formula is C12H10FN. The number of nitrogens with one attached hydrogen (secondary N) is 1. The summed E-state index contributed by atoms with van der Waals surface area (Å²) in [4.78, 5) is 0. The van der Waals surface area contributed by atoms with Gasteiger partial charge in [0.25, 0.3) is 0 Å². The summed E-state index contributed by atoms with van der Waals surface area (Å²) in [5, 5.41) is 0. The van der Waals surface area contributed by atoms with Gasteiger partial charge >= 0.3 is 0 Å². The van der Waals surface area contributed by atoms with Gasteiger partial charge in [0, 0.05) is 0 Å². The molecule has 0 aliphatic heterocycles. The Kier molecular flexibility index (Phi) is 2.45. The molecule has 14 heavy (non-hydrogen) atoms. The van der Waals surface area contributed by atoms with Crippen molar-refractivity contribution in [3.05, 3.63) is 54.6 Å². The van der Waals surface area contributed by atoms with Crippen LogP contribution in [0.3, 0.4) is 0 Å². The van der Waals surface area contributed by atoms with E-state index in [1.807, 2.05) is 42.5 Å². The van der Waals surface area contributed by atoms with Crippen molar-refractivity contribution in [3.63, 3.8) is 0 Å². The van der Waals surface area contributed by atoms with Gasteiger partial charge in [0.15, 0.2) is 0 Å². The topological polar surface area (TPSA) is 12.0 Å². The van der Waals surface area contributed by atoms with E-state index in [4.69, 9.17) is 0 Å². The predicted molar refractivity (Wildman–Crippen MR) is 56.6 cm³/mol. The van der Waals surface area contributed by atoms with Crippen LogP contribution in [0.2, 0.25) is 0 Å². The van der Waals surface area contributed by atoms with Gasteiger partial charge < -0.3 is 0 Å². The molecule has 2 aromatic rings. The number of hydrogen-bond donors (Lipinski definition) is 1. The zero-order valence-corrected chi connectivity index (χ0v) is 7.57. The van der Waals surface area contributed by atoms with Crippen LogP contribution in [0.5, 0.6) is 0 Å². The zero-order valence-electron chi connectivity index (χ0n) is 7.57. The molecule has 0 aliphatic rings. The minimum Gasteiger partial charge on any atom is -0.225 e. The molecule has 0 unspecified atom stereocenters. The largest absolute Gasteiger partial charge is 0.225 e. The summed E-state index contributed by atoms with van der Waals surface area (Å²) in [5.41, 5.74) is 4.31. The molecule has 0 atom stereocenters. The van der Waals surface area contributed by atoms with Crippen LogP contribution in [0.15, 0.2) is 54.6 Å². The zero-order chi connectivity index (χ0) is 9.80. The van der Waals surface area contributed by atoms with Crippen LogP contribution in [0, 0.1) is 0 Å². The van der Waals surface area contributed by atoms with Crippen molar-refractivity contribution in [3.8, 4) is 11.1 Å². The summed E-state index contributed by atoms with van der Waals surface area (Å²) in [6, 6.07) is 17.2. The second-order valence-electron chi connectivity index (χ2n) is 3.04. The van der Waals surface area contributed by atoms with Gasteiger partial charge in [0.2, 0.25) is 0 Å². The van der Waals surface area contributed by atoms with E-state index >= 15 is 0 Å². The standard InChI is InChI=1S/C12H10FN/c13-14-12-8-6-11(7-9-12)10-4-2-1-3-5-10/h1-9,14H. The molecule has 0 amide bonds. The SMILES string of the molecule is FNc1ccc(-c2ccccc2)cc1. The fourth-order valence-corrected chi connectivity index (χ4v) is 1.36. The van der Waals surface area contributed by atoms with Crippen LogP contribution < -0.4 is 5.54 Å². The first-order chi connectivity index (χ1) is 6.90. The summed E-state index contributed by atoms with van der Waals surface area (Å²) in [6.07, 6.45) is 0. The normalized spacial score (nSPS) is 9.79. The van der Waals surface area contributed by atoms with Gasteiger partial charge in [-0.2, -0.15) is 0 Å². The first-order valence-electron chi connectivity index (χ1n) is 4.42. The first-order valence-corrected chi connectivity index (χ1v) is 4.42. The second kappa shape index (κ2) is 3.92. The van der Waals surface area contributed by atoms with E-state index in [1.54, 1.807) is 17.7 Å². The van der Waals surface area contributed by atoms with E-state index in [2.05, 4.69) is 0 Å². The second-order valence-corrected chi connectivity index (χ2v) is 3.04. The molecule has 0 spiro atoms. The Morgan fingerprint density at radius 1 is 0.714 bits per heavy atom. The molecule has 1 N–H and O–H groups in total. The summed E-state index contributed by atoms with van der Waals surface area (Å²) in [5.74, 6) is 0. The maximum atomic E-state index is 12.0. The number of benzene rings is 2. The van der Waals surface area contributed by atoms with Crippen molar-refractivity contribution < 1.29 is 4.48 Å². The minimum atomic E-state index is 0.477. The number of anilines is 1. The van der Waals surface area contributed by atoms with Gasteiger partial charge in [0.05, 0.1) is 5.69 Å². The highest BCUT2D eigenvalue weighted by atomic mass is 19.2. The highest BCUT2D eigenvalue weighted by Gasteiger charge is 1.95. The molecule has 0 bridgehead atoms. The third kappa shape index (κ3) is 1.74. The van der Waals surface area contributed by atoms with Crippen molar-refractivity contribution in [1.82, 2.24) is 0 Å². The van der Waals surface area contributed by atoms with E-state index < -0.39 is 0 Å². The van der Waals surface area contributed by atoms with Crippen molar-refractivity contribution in [2.45, 2.75) is 0 Å². The van der Waals surface area contributed by atoms with Crippen molar-refractivity contribution in [2.75, 3.05) is 5.54 Å². The lowest BCUT2D eigenvalue weighted by Gasteiger charge is -2.01. The van der Waals surface area contributed by atoms with Gasteiger partial charge in [-0.3, -0.25) is 0 Å². The molecule has 2 heteroatoms. The fraction of sp³-hybridized carbons (Fsp3) is 0. The third-order valence-electron chi connectivity index (χ3n) is 2.10. The van der Waals surface area contributed by atoms with Crippen molar-refractivity contribution in [2.24, 2.45) is 0 Å². The van der Waals surface area contributed by atoms with Crippen LogP contribution in [0.4, 0.5) is 10.2 Å². The lowest BCUT2D eigenvalue weighted by atomic mass is 10.1. The van der Waals surface area contributed by atoms with Gasteiger partial charge in [0.1, 0.15) is 0 Å². The van der Waals surface area contributed by atoms with E-state index in [0.29, 0.717) is 5.69 Å². The Morgan fingerprint density at radius 2 is 1.29 bits per heavy atom. The van der Waals surface area contributed by atoms with Crippen LogP contribution in [-0.2, 0) is 0 Å². The Balaban J connectivity index is 2.34. The molecule has 0 saturated carbocycles. The highest BCUT2D eigenvalue weighted by Crippen LogP contribution is 2.20. The van der Waals surface area contributed by atoms with Crippen LogP contribution in [0.25, 0.3) is 11.1 Å². The van der Waals surface area contributed by atoms with E-state index in [9.17, 15) is 4.48 Å². The Labute approximate surface area is 82.1 Å². The monoisotopic (exact) mass is 187 g/mol. The highest BCUT2D eigenvalue weighted by molar-refractivity contribution is 5.65. The van der Waals surface area contributed by atoms with Gasteiger partial charge in [-0.25, -0.2) is 5.54 Å². The average Bonchev–Trinajstić information content (AvgIpc) is 2.30. The Hall–Kier alpha value is -1.83. The van der Waals surface area contributed by atoms with E-state index in [0.717, 1.165) is 11.1 Å². The molecule has 0 aromatic heterocycles. The maximum Gasteiger partial charge on any atom is 0.0656 e. The Bertz CT molecular complexity index is 394. The number of rotatable bonds is 2. The van der Waals surface area contributed by atoms with E-state index in [1.165, 1.54) is 0 Å². The number of halogens is 1. The predicted octanol–water partition coefficient (Wildman–Crippen LogP) is 3.65. The van der Waals surface area contributed by atoms with Crippen LogP contribution in [0.1, 0.15) is 0 Å². The minimum absolute atomic E-state index is 0.477. The molecule has 2 rings (SSSR count). The molecule has 0 aliphatic carbocycles. The maximum absolute atomic E-state index is 12.0. The molecule has 70 valence electrons. The van der Waals surface area contributed by atoms with Crippen molar-refractivity contribution >= 4 is 5.69 Å². The lowest BCUT2D eigenvalue weighted by molar-refractivity contribution is 0.618. The van der Waals surface area contributed by atoms with Gasteiger partial charge in [-0.1, -0.05) is 42.5 Å². The van der Waals surface area contributed by atoms with Gasteiger partial charge in [-0.15, -0.1) is 4.48 Å². The summed E-state index contributed by atoms with van der Waals surface area (Å²) in [6.45, 7) is 0. The third-order valence-corrected chi connectivity index (χ3v) is 2.10. The molecule has 0 radical (unpaired) electrons. The fourth-order valence-electron chi connectivity index (χ4n) is 1.36. The summed E-state index contributed by atoms with van der Waals surface area (Å²) < 4.78 is 12.0.